The fourth-order valence-electron chi connectivity index (χ4n) is 2.09. The van der Waals surface area contributed by atoms with Gasteiger partial charge in [0.05, 0.1) is 23.1 Å². The molecule has 0 amide bonds. The Hall–Kier alpha value is -3.08. The molecule has 3 rings (SSSR count). The van der Waals surface area contributed by atoms with Crippen molar-refractivity contribution in [1.29, 1.82) is 5.26 Å². The van der Waals surface area contributed by atoms with Crippen molar-refractivity contribution in [1.82, 2.24) is 15.0 Å². The van der Waals surface area contributed by atoms with Crippen molar-refractivity contribution in [2.24, 2.45) is 0 Å². The lowest BCUT2D eigenvalue weighted by molar-refractivity contribution is -0.138. The molecule has 0 aliphatic heterocycles. The Kier molecular flexibility index (Phi) is 2.99. The van der Waals surface area contributed by atoms with Gasteiger partial charge in [-0.25, -0.2) is 9.97 Å². The lowest BCUT2D eigenvalue weighted by Crippen LogP contribution is -2.05. The summed E-state index contributed by atoms with van der Waals surface area (Å²) in [6.45, 7) is 0. The molecule has 0 radical (unpaired) electrons. The van der Waals surface area contributed by atoms with Crippen molar-refractivity contribution in [2.75, 3.05) is 0 Å². The number of aromatic nitrogens is 3. The fourth-order valence-corrected chi connectivity index (χ4v) is 2.09. The molecule has 0 aliphatic rings. The first-order valence-corrected chi connectivity index (χ1v) is 6.05. The minimum absolute atomic E-state index is 0.00961. The molecule has 22 heavy (non-hydrogen) atoms. The highest BCUT2D eigenvalue weighted by Gasteiger charge is 2.34. The number of fused-ring (bicyclic) bond motifs is 1. The zero-order chi connectivity index (χ0) is 15.9. The van der Waals surface area contributed by atoms with E-state index in [0.717, 1.165) is 12.1 Å². The number of benzene rings is 1. The average molecular weight is 304 g/mol. The summed E-state index contributed by atoms with van der Waals surface area (Å²) in [5.74, 6) is -0.862. The van der Waals surface area contributed by atoms with Gasteiger partial charge in [-0.05, 0) is 24.3 Å². The Morgan fingerprint density at radius 3 is 2.68 bits per heavy atom. The number of nitriles is 1. The first kappa shape index (κ1) is 13.9. The van der Waals surface area contributed by atoms with Crippen molar-refractivity contribution in [3.8, 4) is 23.1 Å². The van der Waals surface area contributed by atoms with E-state index in [1.165, 1.54) is 18.5 Å². The number of hydrogen-bond donors (Lipinski definition) is 2. The highest BCUT2D eigenvalue weighted by atomic mass is 19.4. The van der Waals surface area contributed by atoms with Crippen molar-refractivity contribution < 1.29 is 18.3 Å². The molecule has 2 N–H and O–H groups in total. The Bertz CT molecular complexity index is 909. The van der Waals surface area contributed by atoms with Gasteiger partial charge in [0.15, 0.2) is 5.69 Å². The molecule has 0 unspecified atom stereocenters. The van der Waals surface area contributed by atoms with E-state index in [4.69, 9.17) is 5.26 Å². The second kappa shape index (κ2) is 4.73. The van der Waals surface area contributed by atoms with E-state index in [0.29, 0.717) is 11.0 Å². The van der Waals surface area contributed by atoms with Gasteiger partial charge in [-0.3, -0.25) is 0 Å². The summed E-state index contributed by atoms with van der Waals surface area (Å²) in [6.07, 6.45) is -3.31. The SMILES string of the molecule is N#Cc1nc(-c2ccc(O)c(C(F)(F)F)c2)cc2[nH]cnc12. The van der Waals surface area contributed by atoms with Crippen molar-refractivity contribution in [2.45, 2.75) is 6.18 Å². The minimum atomic E-state index is -4.68. The first-order chi connectivity index (χ1) is 10.4. The monoisotopic (exact) mass is 304 g/mol. The molecular weight excluding hydrogens is 297 g/mol. The van der Waals surface area contributed by atoms with Crippen molar-refractivity contribution >= 4 is 11.0 Å². The highest BCUT2D eigenvalue weighted by Crippen LogP contribution is 2.38. The molecule has 0 saturated carbocycles. The smallest absolute Gasteiger partial charge is 0.419 e. The van der Waals surface area contributed by atoms with Crippen LogP contribution in [-0.2, 0) is 6.18 Å². The van der Waals surface area contributed by atoms with E-state index in [-0.39, 0.29) is 17.0 Å². The molecule has 0 spiro atoms. The second-order valence-corrected chi connectivity index (χ2v) is 4.50. The number of hydrogen-bond acceptors (Lipinski definition) is 4. The molecule has 0 bridgehead atoms. The standard InChI is InChI=1S/C14H7F3N4O/c15-14(16,17)8-3-7(1-2-12(8)22)9-4-10-13(20-6-19-10)11(5-18)21-9/h1-4,6,22H,(H,19,20). The normalized spacial score (nSPS) is 11.5. The number of phenols is 1. The number of rotatable bonds is 1. The number of aromatic amines is 1. The van der Waals surface area contributed by atoms with Crippen LogP contribution < -0.4 is 0 Å². The summed E-state index contributed by atoms with van der Waals surface area (Å²) >= 11 is 0. The largest absolute Gasteiger partial charge is 0.507 e. The van der Waals surface area contributed by atoms with Crippen molar-refractivity contribution in [3.05, 3.63) is 41.9 Å². The molecule has 3 aromatic rings. The lowest BCUT2D eigenvalue weighted by atomic mass is 10.1. The molecule has 0 atom stereocenters. The van der Waals surface area contributed by atoms with E-state index >= 15 is 0 Å². The van der Waals surface area contributed by atoms with E-state index in [1.807, 2.05) is 6.07 Å². The van der Waals surface area contributed by atoms with Crippen LogP contribution in [0.3, 0.4) is 0 Å². The molecule has 110 valence electrons. The maximum atomic E-state index is 12.8. The van der Waals surface area contributed by atoms with Crippen LogP contribution in [0.25, 0.3) is 22.3 Å². The van der Waals surface area contributed by atoms with Crippen LogP contribution in [-0.4, -0.2) is 20.1 Å². The fraction of sp³-hybridized carbons (Fsp3) is 0.0714. The number of nitrogens with zero attached hydrogens (tertiary/aromatic N) is 3. The van der Waals surface area contributed by atoms with Gasteiger partial charge in [0.25, 0.3) is 0 Å². The first-order valence-electron chi connectivity index (χ1n) is 6.05. The summed E-state index contributed by atoms with van der Waals surface area (Å²) < 4.78 is 38.5. The summed E-state index contributed by atoms with van der Waals surface area (Å²) in [5.41, 5.74) is 0.00609. The third-order valence-corrected chi connectivity index (χ3v) is 3.11. The van der Waals surface area contributed by atoms with Gasteiger partial charge >= 0.3 is 6.18 Å². The molecule has 5 nitrogen and oxygen atoms in total. The predicted octanol–water partition coefficient (Wildman–Crippen LogP) is 3.22. The number of alkyl halides is 3. The number of pyridine rings is 1. The maximum absolute atomic E-state index is 12.8. The quantitative estimate of drug-likeness (QED) is 0.722. The van der Waals surface area contributed by atoms with Crippen LogP contribution in [0.4, 0.5) is 13.2 Å². The number of halogens is 3. The zero-order valence-corrected chi connectivity index (χ0v) is 10.8. The number of aromatic hydroxyl groups is 1. The van der Waals surface area contributed by atoms with Gasteiger partial charge in [0.1, 0.15) is 17.3 Å². The van der Waals surface area contributed by atoms with Crippen LogP contribution in [0.5, 0.6) is 5.75 Å². The molecule has 0 fully saturated rings. The molecule has 0 aliphatic carbocycles. The Morgan fingerprint density at radius 2 is 2.00 bits per heavy atom. The highest BCUT2D eigenvalue weighted by molar-refractivity contribution is 5.83. The summed E-state index contributed by atoms with van der Waals surface area (Å²) in [4.78, 5) is 10.7. The third kappa shape index (κ3) is 2.22. The summed E-state index contributed by atoms with van der Waals surface area (Å²) in [6, 6.07) is 6.39. The number of H-pyrrole nitrogens is 1. The molecule has 2 heterocycles. The third-order valence-electron chi connectivity index (χ3n) is 3.11. The van der Waals surface area contributed by atoms with Gasteiger partial charge in [0, 0.05) is 5.56 Å². The molecular formula is C14H7F3N4O. The van der Waals surface area contributed by atoms with Gasteiger partial charge in [-0.2, -0.15) is 18.4 Å². The van der Waals surface area contributed by atoms with Crippen LogP contribution in [0.2, 0.25) is 0 Å². The van der Waals surface area contributed by atoms with E-state index in [1.54, 1.807) is 0 Å². The second-order valence-electron chi connectivity index (χ2n) is 4.50. The van der Waals surface area contributed by atoms with Crippen LogP contribution in [0.1, 0.15) is 11.3 Å². The average Bonchev–Trinajstić information content (AvgIpc) is 2.93. The summed E-state index contributed by atoms with van der Waals surface area (Å²) in [5, 5.41) is 18.4. The van der Waals surface area contributed by atoms with Crippen LogP contribution in [0, 0.1) is 11.3 Å². The van der Waals surface area contributed by atoms with Crippen LogP contribution in [0.15, 0.2) is 30.6 Å². The number of nitrogens with one attached hydrogen (secondary N) is 1. The maximum Gasteiger partial charge on any atom is 0.419 e. The van der Waals surface area contributed by atoms with Crippen LogP contribution >= 0.6 is 0 Å². The predicted molar refractivity (Wildman–Crippen MR) is 70.7 cm³/mol. The zero-order valence-electron chi connectivity index (χ0n) is 10.8. The molecule has 1 aromatic carbocycles. The van der Waals surface area contributed by atoms with Gasteiger partial charge < -0.3 is 10.1 Å². The van der Waals surface area contributed by atoms with Crippen molar-refractivity contribution in [3.63, 3.8) is 0 Å². The Balaban J connectivity index is 2.22. The molecule has 2 aromatic heterocycles. The molecule has 0 saturated heterocycles. The van der Waals surface area contributed by atoms with E-state index < -0.39 is 17.5 Å². The number of imidazole rings is 1. The van der Waals surface area contributed by atoms with Gasteiger partial charge in [-0.15, -0.1) is 0 Å². The van der Waals surface area contributed by atoms with Gasteiger partial charge in [-0.1, -0.05) is 0 Å². The van der Waals surface area contributed by atoms with E-state index in [2.05, 4.69) is 15.0 Å². The van der Waals surface area contributed by atoms with E-state index in [9.17, 15) is 18.3 Å². The summed E-state index contributed by atoms with van der Waals surface area (Å²) in [7, 11) is 0. The molecule has 8 heteroatoms. The lowest BCUT2D eigenvalue weighted by Gasteiger charge is -2.11. The topological polar surface area (TPSA) is 85.6 Å². The minimum Gasteiger partial charge on any atom is -0.507 e. The Labute approximate surface area is 121 Å². The Morgan fingerprint density at radius 1 is 1.23 bits per heavy atom. The number of phenolic OH excluding ortho intramolecular Hbond substituents is 1. The van der Waals surface area contributed by atoms with Gasteiger partial charge in [0.2, 0.25) is 0 Å².